The minimum absolute atomic E-state index is 0. The van der Waals surface area contributed by atoms with E-state index < -0.39 is 74.6 Å². The van der Waals surface area contributed by atoms with Crippen LogP contribution in [0.1, 0.15) is 0 Å². The van der Waals surface area contributed by atoms with E-state index in [1.807, 2.05) is 0 Å². The quantitative estimate of drug-likeness (QED) is 0.197. The Hall–Kier alpha value is 0.206. The van der Waals surface area contributed by atoms with Gasteiger partial charge in [0.2, 0.25) is 0 Å². The summed E-state index contributed by atoms with van der Waals surface area (Å²) in [5.41, 5.74) is 0. The van der Waals surface area contributed by atoms with Crippen LogP contribution in [0.15, 0.2) is 0 Å². The van der Waals surface area contributed by atoms with Crippen molar-refractivity contribution >= 4 is 23.1 Å². The Morgan fingerprint density at radius 3 is 1.67 bits per heavy atom. The van der Waals surface area contributed by atoms with Gasteiger partial charge in [0, 0.05) is 0 Å². The molecule has 0 aliphatic carbocycles. The molecule has 0 saturated carbocycles. The Labute approximate surface area is 169 Å². The summed E-state index contributed by atoms with van der Waals surface area (Å²) in [7, 11) is 0. The minimum Gasteiger partial charge on any atom is -0.870 e. The molecule has 15 heteroatoms. The van der Waals surface area contributed by atoms with Crippen LogP contribution in [0.25, 0.3) is 0 Å². The second-order valence-electron chi connectivity index (χ2n) is 5.53. The monoisotopic (exact) mass is 418 g/mol. The maximum Gasteiger partial charge on any atom is 2.00 e. The van der Waals surface area contributed by atoms with Gasteiger partial charge in [-0.25, -0.2) is 0 Å². The van der Waals surface area contributed by atoms with Crippen LogP contribution in [-0.4, -0.2) is 155 Å². The second-order valence-corrected chi connectivity index (χ2v) is 5.53. The normalized spacial score (nSPS) is 44.0. The molecule has 14 nitrogen and oxygen atoms in total. The van der Waals surface area contributed by atoms with E-state index in [2.05, 4.69) is 0 Å². The molecule has 0 amide bonds. The van der Waals surface area contributed by atoms with E-state index in [0.29, 0.717) is 0 Å². The fourth-order valence-corrected chi connectivity index (χ4v) is 2.57. The van der Waals surface area contributed by atoms with Crippen molar-refractivity contribution in [2.24, 2.45) is 0 Å². The molecule has 0 aromatic rings. The van der Waals surface area contributed by atoms with Crippen LogP contribution < -0.4 is 0 Å². The van der Waals surface area contributed by atoms with Crippen LogP contribution in [-0.2, 0) is 14.2 Å². The summed E-state index contributed by atoms with van der Waals surface area (Å²) in [6.45, 7) is -1.35. The average molecular weight is 419 g/mol. The molecule has 2 saturated heterocycles. The first-order valence-corrected chi connectivity index (χ1v) is 7.08. The molecular weight excluding hydrogens is 392 g/mol. The Bertz CT molecular complexity index is 387. The molecule has 1 unspecified atom stereocenters. The Morgan fingerprint density at radius 2 is 1.19 bits per heavy atom. The van der Waals surface area contributed by atoms with Gasteiger partial charge in [0.25, 0.3) is 0 Å². The zero-order valence-corrected chi connectivity index (χ0v) is 15.5. The van der Waals surface area contributed by atoms with Gasteiger partial charge in [0.05, 0.1) is 13.2 Å². The first-order chi connectivity index (χ1) is 10.8. The summed E-state index contributed by atoms with van der Waals surface area (Å²) >= 11 is 0. The number of aliphatic hydroxyl groups is 8. The number of hydrogen-bond donors (Lipinski definition) is 8. The molecule has 160 valence electrons. The molecule has 2 aliphatic rings. The first kappa shape index (κ1) is 31.9. The molecule has 0 aromatic heterocycles. The summed E-state index contributed by atoms with van der Waals surface area (Å²) in [5.74, 6) is 0. The van der Waals surface area contributed by atoms with Gasteiger partial charge in [-0.15, -0.1) is 0 Å². The SMILES string of the molecule is O.OC[C@H]1O[C@@H](O[C@H]2[C@H](O)[C@@H](O)C(O)O[C@@H]2CO)[C@H](O)[C@@H](O)[C@H]1O.[Mg+2].[OH-].[OH-]. The summed E-state index contributed by atoms with van der Waals surface area (Å²) in [6.07, 6.45) is -15.6. The standard InChI is InChI=1S/C12H22O11.Mg.3H2O/c13-1-3-5(15)6(16)9(19)12(22-3)23-10-4(2-14)21-11(20)8(18)7(10)17;;;;/h3-20H,1-2H2;;3*1H2/q;+2;;;/p-2/t3-,4-,5+,6+,7-,8-,9-,10-,11?,12+;;;;/m1..../s1. The predicted octanol–water partition coefficient (Wildman–Crippen LogP) is -6.96. The van der Waals surface area contributed by atoms with Crippen molar-refractivity contribution in [1.29, 1.82) is 0 Å². The van der Waals surface area contributed by atoms with Crippen LogP contribution >= 0.6 is 0 Å². The zero-order chi connectivity index (χ0) is 17.3. The Morgan fingerprint density at radius 1 is 0.667 bits per heavy atom. The van der Waals surface area contributed by atoms with E-state index in [-0.39, 0.29) is 39.5 Å². The van der Waals surface area contributed by atoms with Gasteiger partial charge in [-0.3, -0.25) is 0 Å². The predicted molar refractivity (Wildman–Crippen MR) is 81.9 cm³/mol. The molecule has 0 bridgehead atoms. The van der Waals surface area contributed by atoms with Crippen molar-refractivity contribution in [3.8, 4) is 0 Å². The molecule has 27 heavy (non-hydrogen) atoms. The Kier molecular flexibility index (Phi) is 15.9. The van der Waals surface area contributed by atoms with Crippen molar-refractivity contribution in [1.82, 2.24) is 0 Å². The van der Waals surface area contributed by atoms with Crippen molar-refractivity contribution in [3.05, 3.63) is 0 Å². The van der Waals surface area contributed by atoms with Crippen LogP contribution in [0.4, 0.5) is 0 Å². The van der Waals surface area contributed by atoms with Gasteiger partial charge in [0.1, 0.15) is 48.8 Å². The molecule has 2 rings (SSSR count). The van der Waals surface area contributed by atoms with Gasteiger partial charge in [-0.1, -0.05) is 0 Å². The van der Waals surface area contributed by atoms with Gasteiger partial charge < -0.3 is 71.5 Å². The van der Waals surface area contributed by atoms with E-state index in [0.717, 1.165) is 0 Å². The van der Waals surface area contributed by atoms with Crippen LogP contribution in [0, 0.1) is 0 Å². The number of hydrogen-bond acceptors (Lipinski definition) is 13. The third kappa shape index (κ3) is 6.61. The minimum atomic E-state index is -1.74. The van der Waals surface area contributed by atoms with Gasteiger partial charge in [-0.2, -0.15) is 0 Å². The molecule has 0 spiro atoms. The fourth-order valence-electron chi connectivity index (χ4n) is 2.57. The van der Waals surface area contributed by atoms with E-state index in [9.17, 15) is 35.7 Å². The molecule has 0 radical (unpaired) electrons. The molecule has 2 aliphatic heterocycles. The van der Waals surface area contributed by atoms with Crippen LogP contribution in [0.3, 0.4) is 0 Å². The molecule has 0 aromatic carbocycles. The summed E-state index contributed by atoms with van der Waals surface area (Å²) < 4.78 is 15.3. The van der Waals surface area contributed by atoms with Gasteiger partial charge in [0.15, 0.2) is 12.6 Å². The fraction of sp³-hybridized carbons (Fsp3) is 1.00. The van der Waals surface area contributed by atoms with Gasteiger partial charge >= 0.3 is 23.1 Å². The van der Waals surface area contributed by atoms with Crippen molar-refractivity contribution in [2.75, 3.05) is 13.2 Å². The maximum atomic E-state index is 9.94. The molecular formula is C12H26MgO14. The largest absolute Gasteiger partial charge is 2.00 e. The van der Waals surface area contributed by atoms with E-state index in [1.165, 1.54) is 0 Å². The van der Waals surface area contributed by atoms with Gasteiger partial charge in [-0.05, 0) is 0 Å². The van der Waals surface area contributed by atoms with E-state index >= 15 is 0 Å². The van der Waals surface area contributed by atoms with Crippen LogP contribution in [0.2, 0.25) is 0 Å². The van der Waals surface area contributed by atoms with E-state index in [4.69, 9.17) is 19.3 Å². The smallest absolute Gasteiger partial charge is 0.870 e. The number of rotatable bonds is 4. The topological polar surface area (TPSA) is 281 Å². The first-order valence-electron chi connectivity index (χ1n) is 7.08. The molecule has 2 fully saturated rings. The van der Waals surface area contributed by atoms with Crippen molar-refractivity contribution in [2.45, 2.75) is 61.4 Å². The summed E-state index contributed by atoms with van der Waals surface area (Å²) in [6, 6.07) is 0. The summed E-state index contributed by atoms with van der Waals surface area (Å²) in [5, 5.41) is 76.5. The Balaban J connectivity index is -0.00000144. The molecule has 12 N–H and O–H groups in total. The average Bonchev–Trinajstić information content (AvgIpc) is 2.55. The summed E-state index contributed by atoms with van der Waals surface area (Å²) in [4.78, 5) is 0. The molecule has 10 atom stereocenters. The van der Waals surface area contributed by atoms with Crippen molar-refractivity contribution in [3.63, 3.8) is 0 Å². The van der Waals surface area contributed by atoms with E-state index in [1.54, 1.807) is 0 Å². The van der Waals surface area contributed by atoms with Crippen LogP contribution in [0.5, 0.6) is 0 Å². The zero-order valence-electron chi connectivity index (χ0n) is 14.1. The molecule has 2 heterocycles. The number of aliphatic hydroxyl groups excluding tert-OH is 8. The maximum absolute atomic E-state index is 9.94. The third-order valence-corrected chi connectivity index (χ3v) is 3.98. The second kappa shape index (κ2) is 13.4. The van der Waals surface area contributed by atoms with Crippen molar-refractivity contribution < 1.29 is 71.5 Å². The third-order valence-electron chi connectivity index (χ3n) is 3.98. The number of ether oxygens (including phenoxy) is 3.